The molecule has 0 aliphatic heterocycles. The number of hydrogen-bond donors (Lipinski definition) is 0. The minimum atomic E-state index is -0.351. The molecule has 0 N–H and O–H groups in total. The Bertz CT molecular complexity index is 623. The van der Waals surface area contributed by atoms with Gasteiger partial charge >= 0.3 is 5.97 Å². The van der Waals surface area contributed by atoms with E-state index in [-0.39, 0.29) is 5.97 Å². The molecule has 0 radical (unpaired) electrons. The van der Waals surface area contributed by atoms with Crippen molar-refractivity contribution in [2.45, 2.75) is 13.5 Å². The highest BCUT2D eigenvalue weighted by Crippen LogP contribution is 2.22. The summed E-state index contributed by atoms with van der Waals surface area (Å²) in [5.41, 5.74) is 2.44. The van der Waals surface area contributed by atoms with Crippen LogP contribution in [-0.4, -0.2) is 13.1 Å². The normalized spacial score (nSPS) is 10.2. The van der Waals surface area contributed by atoms with Gasteiger partial charge in [0.25, 0.3) is 0 Å². The third-order valence-electron chi connectivity index (χ3n) is 2.95. The Morgan fingerprint density at radius 1 is 1.20 bits per heavy atom. The smallest absolute Gasteiger partial charge is 0.338 e. The second-order valence-electron chi connectivity index (χ2n) is 4.35. The first-order valence-electron chi connectivity index (χ1n) is 6.17. The largest absolute Gasteiger partial charge is 0.489 e. The quantitative estimate of drug-likeness (QED) is 0.789. The molecule has 2 aromatic carbocycles. The van der Waals surface area contributed by atoms with Gasteiger partial charge in [-0.3, -0.25) is 0 Å². The van der Waals surface area contributed by atoms with E-state index >= 15 is 0 Å². The lowest BCUT2D eigenvalue weighted by atomic mass is 10.1. The Labute approximate surface area is 126 Å². The van der Waals surface area contributed by atoms with Crippen molar-refractivity contribution in [3.63, 3.8) is 0 Å². The van der Waals surface area contributed by atoms with E-state index in [1.54, 1.807) is 12.1 Å². The summed E-state index contributed by atoms with van der Waals surface area (Å²) in [5, 5.41) is 0. The molecule has 104 valence electrons. The molecule has 0 bridgehead atoms. The highest BCUT2D eigenvalue weighted by atomic mass is 79.9. The molecule has 0 spiro atoms. The van der Waals surface area contributed by atoms with Crippen LogP contribution in [0, 0.1) is 6.92 Å². The molecule has 0 aliphatic carbocycles. The standard InChI is InChI=1S/C16H15BrO3/c1-11-9-13(7-8-15(11)17)20-10-12-5-3-4-6-14(12)16(18)19-2/h3-9H,10H2,1-2H3. The first-order valence-corrected chi connectivity index (χ1v) is 6.96. The third-order valence-corrected chi connectivity index (χ3v) is 3.84. The number of halogens is 1. The SMILES string of the molecule is COC(=O)c1ccccc1COc1ccc(Br)c(C)c1. The maximum absolute atomic E-state index is 11.7. The van der Waals surface area contributed by atoms with E-state index < -0.39 is 0 Å². The average molecular weight is 335 g/mol. The number of rotatable bonds is 4. The van der Waals surface area contributed by atoms with Crippen LogP contribution >= 0.6 is 15.9 Å². The van der Waals surface area contributed by atoms with E-state index in [4.69, 9.17) is 9.47 Å². The summed E-state index contributed by atoms with van der Waals surface area (Å²) in [5.74, 6) is 0.418. The van der Waals surface area contributed by atoms with E-state index in [0.29, 0.717) is 12.2 Å². The predicted octanol–water partition coefficient (Wildman–Crippen LogP) is 4.12. The molecular formula is C16H15BrO3. The Morgan fingerprint density at radius 2 is 1.95 bits per heavy atom. The van der Waals surface area contributed by atoms with Crippen LogP contribution in [0.4, 0.5) is 0 Å². The molecule has 0 saturated carbocycles. The van der Waals surface area contributed by atoms with Gasteiger partial charge in [-0.15, -0.1) is 0 Å². The number of methoxy groups -OCH3 is 1. The maximum Gasteiger partial charge on any atom is 0.338 e. The zero-order valence-corrected chi connectivity index (χ0v) is 12.9. The van der Waals surface area contributed by atoms with Gasteiger partial charge in [0.15, 0.2) is 0 Å². The van der Waals surface area contributed by atoms with E-state index in [2.05, 4.69) is 15.9 Å². The zero-order valence-electron chi connectivity index (χ0n) is 11.4. The van der Waals surface area contributed by atoms with Crippen LogP contribution in [0.15, 0.2) is 46.9 Å². The minimum Gasteiger partial charge on any atom is -0.489 e. The molecule has 0 saturated heterocycles. The fourth-order valence-corrected chi connectivity index (χ4v) is 2.07. The van der Waals surface area contributed by atoms with Crippen LogP contribution < -0.4 is 4.74 Å². The first kappa shape index (κ1) is 14.6. The van der Waals surface area contributed by atoms with Gasteiger partial charge in [0, 0.05) is 10.0 Å². The number of esters is 1. The second kappa shape index (κ2) is 6.57. The monoisotopic (exact) mass is 334 g/mol. The Balaban J connectivity index is 2.14. The maximum atomic E-state index is 11.7. The number of ether oxygens (including phenoxy) is 2. The van der Waals surface area contributed by atoms with Crippen molar-refractivity contribution < 1.29 is 14.3 Å². The highest BCUT2D eigenvalue weighted by Gasteiger charge is 2.11. The van der Waals surface area contributed by atoms with Gasteiger partial charge < -0.3 is 9.47 Å². The molecule has 0 aromatic heterocycles. The van der Waals surface area contributed by atoms with Gasteiger partial charge in [0.2, 0.25) is 0 Å². The Kier molecular flexibility index (Phi) is 4.79. The lowest BCUT2D eigenvalue weighted by Crippen LogP contribution is -2.07. The summed E-state index contributed by atoms with van der Waals surface area (Å²) in [4.78, 5) is 11.7. The molecule has 2 aromatic rings. The van der Waals surface area contributed by atoms with E-state index in [1.165, 1.54) is 7.11 Å². The number of hydrogen-bond acceptors (Lipinski definition) is 3. The van der Waals surface area contributed by atoms with Crippen LogP contribution in [0.3, 0.4) is 0 Å². The van der Waals surface area contributed by atoms with Crippen molar-refractivity contribution in [3.05, 3.63) is 63.6 Å². The topological polar surface area (TPSA) is 35.5 Å². The Morgan fingerprint density at radius 3 is 2.65 bits per heavy atom. The molecule has 0 aliphatic rings. The predicted molar refractivity (Wildman–Crippen MR) is 81.0 cm³/mol. The number of aryl methyl sites for hydroxylation is 1. The van der Waals surface area contributed by atoms with Crippen LogP contribution in [0.2, 0.25) is 0 Å². The van der Waals surface area contributed by atoms with Crippen LogP contribution in [-0.2, 0) is 11.3 Å². The highest BCUT2D eigenvalue weighted by molar-refractivity contribution is 9.10. The summed E-state index contributed by atoms with van der Waals surface area (Å²) in [7, 11) is 1.37. The van der Waals surface area contributed by atoms with Crippen molar-refractivity contribution >= 4 is 21.9 Å². The molecule has 2 rings (SSSR count). The van der Waals surface area contributed by atoms with Crippen LogP contribution in [0.5, 0.6) is 5.75 Å². The van der Waals surface area contributed by atoms with Crippen molar-refractivity contribution in [3.8, 4) is 5.75 Å². The zero-order chi connectivity index (χ0) is 14.5. The van der Waals surface area contributed by atoms with Gasteiger partial charge in [0.05, 0.1) is 12.7 Å². The number of benzene rings is 2. The number of carbonyl (C=O) groups is 1. The van der Waals surface area contributed by atoms with Gasteiger partial charge in [-0.2, -0.15) is 0 Å². The molecule has 0 unspecified atom stereocenters. The van der Waals surface area contributed by atoms with Gasteiger partial charge in [0.1, 0.15) is 12.4 Å². The molecule has 4 heteroatoms. The van der Waals surface area contributed by atoms with Gasteiger partial charge in [-0.05, 0) is 36.8 Å². The second-order valence-corrected chi connectivity index (χ2v) is 5.20. The fourth-order valence-electron chi connectivity index (χ4n) is 1.82. The van der Waals surface area contributed by atoms with E-state index in [0.717, 1.165) is 21.3 Å². The molecule has 0 amide bonds. The van der Waals surface area contributed by atoms with Crippen molar-refractivity contribution in [1.29, 1.82) is 0 Å². The molecule has 0 atom stereocenters. The third kappa shape index (κ3) is 3.39. The lowest BCUT2D eigenvalue weighted by molar-refractivity contribution is 0.0597. The van der Waals surface area contributed by atoms with E-state index in [1.807, 2.05) is 37.3 Å². The van der Waals surface area contributed by atoms with Crippen LogP contribution in [0.1, 0.15) is 21.5 Å². The average Bonchev–Trinajstić information content (AvgIpc) is 2.48. The molecule has 0 fully saturated rings. The summed E-state index contributed by atoms with van der Waals surface area (Å²) in [6.45, 7) is 2.33. The van der Waals surface area contributed by atoms with Gasteiger partial charge in [-0.25, -0.2) is 4.79 Å². The minimum absolute atomic E-state index is 0.326. The van der Waals surface area contributed by atoms with Gasteiger partial charge in [-0.1, -0.05) is 34.1 Å². The fraction of sp³-hybridized carbons (Fsp3) is 0.188. The Hall–Kier alpha value is -1.81. The molecule has 20 heavy (non-hydrogen) atoms. The van der Waals surface area contributed by atoms with E-state index in [9.17, 15) is 4.79 Å². The number of carbonyl (C=O) groups excluding carboxylic acids is 1. The summed E-state index contributed by atoms with van der Waals surface area (Å²) < 4.78 is 11.5. The molecule has 0 heterocycles. The van der Waals surface area contributed by atoms with Crippen molar-refractivity contribution in [1.82, 2.24) is 0 Å². The van der Waals surface area contributed by atoms with Crippen molar-refractivity contribution in [2.75, 3.05) is 7.11 Å². The first-order chi connectivity index (χ1) is 9.61. The summed E-state index contributed by atoms with van der Waals surface area (Å²) >= 11 is 3.45. The molecule has 3 nitrogen and oxygen atoms in total. The van der Waals surface area contributed by atoms with Crippen molar-refractivity contribution in [2.24, 2.45) is 0 Å². The van der Waals surface area contributed by atoms with Crippen LogP contribution in [0.25, 0.3) is 0 Å². The lowest BCUT2D eigenvalue weighted by Gasteiger charge is -2.10. The molecular weight excluding hydrogens is 320 g/mol. The summed E-state index contributed by atoms with van der Waals surface area (Å²) in [6.07, 6.45) is 0. The summed E-state index contributed by atoms with van der Waals surface area (Å²) in [6, 6.07) is 13.0.